The second-order valence-electron chi connectivity index (χ2n) is 13.3. The summed E-state index contributed by atoms with van der Waals surface area (Å²) in [6.07, 6.45) is -1.07. The minimum Gasteiger partial charge on any atom is -0.498 e. The average Bonchev–Trinajstić information content (AvgIpc) is 3.71. The third-order valence-electron chi connectivity index (χ3n) is 8.97. The molecule has 8 unspecified atom stereocenters. The molecule has 4 aliphatic carbocycles. The molecule has 6 rings (SSSR count). The molecule has 2 heterocycles. The van der Waals surface area contributed by atoms with Crippen molar-refractivity contribution in [3.8, 4) is 0 Å². The van der Waals surface area contributed by atoms with Crippen molar-refractivity contribution in [2.75, 3.05) is 6.61 Å². The van der Waals surface area contributed by atoms with Crippen LogP contribution in [0.1, 0.15) is 52.9 Å². The van der Waals surface area contributed by atoms with Crippen molar-refractivity contribution >= 4 is 17.9 Å². The first-order chi connectivity index (χ1) is 20.1. The largest absolute Gasteiger partial charge is 0.498 e. The van der Waals surface area contributed by atoms with Crippen LogP contribution in [0.3, 0.4) is 0 Å². The van der Waals surface area contributed by atoms with Crippen LogP contribution in [0, 0.1) is 35.0 Å². The van der Waals surface area contributed by atoms with Gasteiger partial charge in [0.2, 0.25) is 0 Å². The van der Waals surface area contributed by atoms with E-state index in [0.29, 0.717) is 18.3 Å². The molecule has 1 spiro atoms. The van der Waals surface area contributed by atoms with Gasteiger partial charge in [-0.05, 0) is 58.3 Å². The van der Waals surface area contributed by atoms with Crippen molar-refractivity contribution in [1.29, 1.82) is 0 Å². The molecule has 2 aliphatic heterocycles. The first-order valence-electron chi connectivity index (χ1n) is 14.3. The van der Waals surface area contributed by atoms with Crippen LogP contribution in [-0.4, -0.2) is 54.7 Å². The Hall–Kier alpha value is -3.25. The summed E-state index contributed by atoms with van der Waals surface area (Å²) in [7, 11) is 0. The van der Waals surface area contributed by atoms with Gasteiger partial charge in [0.15, 0.2) is 0 Å². The van der Waals surface area contributed by atoms with Gasteiger partial charge in [0, 0.05) is 23.7 Å². The van der Waals surface area contributed by atoms with Crippen LogP contribution in [0.15, 0.2) is 48.8 Å². The molecule has 0 amide bonds. The highest BCUT2D eigenvalue weighted by atomic mass is 19.4. The lowest BCUT2D eigenvalue weighted by Crippen LogP contribution is -2.37. The van der Waals surface area contributed by atoms with Gasteiger partial charge < -0.3 is 18.9 Å². The maximum absolute atomic E-state index is 12.3. The van der Waals surface area contributed by atoms with Gasteiger partial charge in [-0.1, -0.05) is 31.9 Å². The van der Waals surface area contributed by atoms with E-state index in [0.717, 1.165) is 30.6 Å². The van der Waals surface area contributed by atoms with E-state index in [4.69, 9.17) is 14.2 Å². The number of fused-ring (bicyclic) bond motifs is 4. The number of carbonyl (C=O) groups excluding carboxylic acids is 3. The van der Waals surface area contributed by atoms with Gasteiger partial charge >= 0.3 is 30.3 Å². The Morgan fingerprint density at radius 2 is 1.57 bits per heavy atom. The molecule has 0 radical (unpaired) electrons. The number of alkyl halides is 6. The number of ether oxygens (including phenoxy) is 4. The molecule has 8 atom stereocenters. The molecule has 0 aromatic heterocycles. The van der Waals surface area contributed by atoms with E-state index in [1.165, 1.54) is 33.6 Å². The Morgan fingerprint density at radius 1 is 0.955 bits per heavy atom. The van der Waals surface area contributed by atoms with Crippen molar-refractivity contribution in [2.24, 2.45) is 35.0 Å². The number of halogens is 6. The van der Waals surface area contributed by atoms with Gasteiger partial charge in [-0.25, -0.2) is 9.59 Å². The molecule has 13 heteroatoms. The standard InChI is InChI=1S/C12H11F3O4.C11H14O.C8H11F3O2/c1-4(12(13,14)15)10(16)18-8-5-2-6-7(3-5)11(17)19-9(6)8;1-8-5-11(7-12-8)6-9-2-3-10(11)4-9;1-5(8(9,10)11)6(12)13-7(2,3)4/h5-9H,1-3H2;2-3,9-10H,1,4-7H2;1H2,2-4H3. The van der Waals surface area contributed by atoms with E-state index in [-0.39, 0.29) is 23.7 Å². The summed E-state index contributed by atoms with van der Waals surface area (Å²) in [6, 6.07) is 0. The van der Waals surface area contributed by atoms with Crippen molar-refractivity contribution in [3.05, 3.63) is 48.8 Å². The summed E-state index contributed by atoms with van der Waals surface area (Å²) in [5, 5.41) is 0. The highest BCUT2D eigenvalue weighted by Crippen LogP contribution is 2.58. The molecule has 4 bridgehead atoms. The smallest absolute Gasteiger partial charge is 0.422 e. The van der Waals surface area contributed by atoms with Crippen molar-refractivity contribution in [2.45, 2.75) is 83.0 Å². The van der Waals surface area contributed by atoms with Crippen LogP contribution in [0.25, 0.3) is 0 Å². The lowest BCUT2D eigenvalue weighted by atomic mass is 9.75. The normalized spacial score (nSPS) is 34.1. The molecule has 3 saturated carbocycles. The molecule has 2 saturated heterocycles. The number of allylic oxidation sites excluding steroid dienone is 3. The first kappa shape index (κ1) is 33.6. The summed E-state index contributed by atoms with van der Waals surface area (Å²) in [5.41, 5.74) is -3.49. The summed E-state index contributed by atoms with van der Waals surface area (Å²) in [6.45, 7) is 14.6. The summed E-state index contributed by atoms with van der Waals surface area (Å²) >= 11 is 0. The topological polar surface area (TPSA) is 88.1 Å². The Labute approximate surface area is 251 Å². The zero-order valence-electron chi connectivity index (χ0n) is 24.7. The fourth-order valence-corrected chi connectivity index (χ4v) is 6.99. The van der Waals surface area contributed by atoms with E-state index in [2.05, 4.69) is 36.6 Å². The molecule has 6 aliphatic rings. The minimum absolute atomic E-state index is 0.0190. The molecular weight excluding hydrogens is 598 g/mol. The van der Waals surface area contributed by atoms with Crippen LogP contribution in [-0.2, 0) is 33.3 Å². The third kappa shape index (κ3) is 7.01. The zero-order valence-corrected chi connectivity index (χ0v) is 24.7. The molecule has 0 N–H and O–H groups in total. The van der Waals surface area contributed by atoms with Crippen LogP contribution in [0.2, 0.25) is 0 Å². The highest BCUT2D eigenvalue weighted by molar-refractivity contribution is 5.90. The Bertz CT molecular complexity index is 1260. The molecular formula is C31H36F6O7. The predicted molar refractivity (Wildman–Crippen MR) is 143 cm³/mol. The van der Waals surface area contributed by atoms with Crippen molar-refractivity contribution < 1.29 is 59.7 Å². The molecule has 7 nitrogen and oxygen atoms in total. The Kier molecular flexibility index (Phi) is 8.86. The van der Waals surface area contributed by atoms with E-state index in [1.807, 2.05) is 0 Å². The van der Waals surface area contributed by atoms with E-state index >= 15 is 0 Å². The second-order valence-corrected chi connectivity index (χ2v) is 13.3. The van der Waals surface area contributed by atoms with Crippen LogP contribution in [0.5, 0.6) is 0 Å². The van der Waals surface area contributed by atoms with E-state index in [1.54, 1.807) is 0 Å². The highest BCUT2D eigenvalue weighted by Gasteiger charge is 2.63. The van der Waals surface area contributed by atoms with Gasteiger partial charge in [0.1, 0.15) is 29.0 Å². The number of hydrogen-bond donors (Lipinski definition) is 0. The number of hydrogen-bond acceptors (Lipinski definition) is 7. The maximum Gasteiger partial charge on any atom is 0.422 e. The summed E-state index contributed by atoms with van der Waals surface area (Å²) in [4.78, 5) is 33.6. The Balaban J connectivity index is 0.000000156. The molecule has 244 valence electrons. The minimum atomic E-state index is -4.80. The lowest BCUT2D eigenvalue weighted by molar-refractivity contribution is -0.166. The zero-order chi connectivity index (χ0) is 33.0. The van der Waals surface area contributed by atoms with Gasteiger partial charge in [0.05, 0.1) is 18.3 Å². The van der Waals surface area contributed by atoms with Gasteiger partial charge in [-0.3, -0.25) is 4.79 Å². The van der Waals surface area contributed by atoms with Gasteiger partial charge in [-0.2, -0.15) is 26.3 Å². The van der Waals surface area contributed by atoms with E-state index in [9.17, 15) is 40.7 Å². The monoisotopic (exact) mass is 634 g/mol. The second kappa shape index (κ2) is 11.6. The summed E-state index contributed by atoms with van der Waals surface area (Å²) in [5.74, 6) is -0.862. The van der Waals surface area contributed by atoms with Crippen LogP contribution < -0.4 is 0 Å². The SMILES string of the molecule is C=C(C(=O)OC(C)(C)C)C(F)(F)F.C=C(C(=O)OC1C2CC3C(=O)OC1C3C2)C(F)(F)F.C=C1CC2(CO1)CC1C=CC2C1. The van der Waals surface area contributed by atoms with Crippen molar-refractivity contribution in [1.82, 2.24) is 0 Å². The van der Waals surface area contributed by atoms with Gasteiger partial charge in [-0.15, -0.1) is 0 Å². The fourth-order valence-electron chi connectivity index (χ4n) is 6.99. The molecule has 0 aromatic rings. The lowest BCUT2D eigenvalue weighted by Gasteiger charge is -2.27. The fraction of sp³-hybridized carbons (Fsp3) is 0.645. The maximum atomic E-state index is 12.3. The number of carbonyl (C=O) groups is 3. The number of rotatable bonds is 3. The summed E-state index contributed by atoms with van der Waals surface area (Å²) < 4.78 is 92.5. The van der Waals surface area contributed by atoms with E-state index < -0.39 is 53.2 Å². The Morgan fingerprint density at radius 3 is 2.05 bits per heavy atom. The number of esters is 3. The predicted octanol–water partition coefficient (Wildman–Crippen LogP) is 6.55. The van der Waals surface area contributed by atoms with Crippen LogP contribution in [0.4, 0.5) is 26.3 Å². The third-order valence-corrected chi connectivity index (χ3v) is 8.97. The quantitative estimate of drug-likeness (QED) is 0.114. The van der Waals surface area contributed by atoms with Crippen LogP contribution >= 0.6 is 0 Å². The van der Waals surface area contributed by atoms with Gasteiger partial charge in [0.25, 0.3) is 0 Å². The first-order valence-corrected chi connectivity index (χ1v) is 14.3. The molecule has 5 fully saturated rings. The molecule has 0 aromatic carbocycles. The van der Waals surface area contributed by atoms with Crippen molar-refractivity contribution in [3.63, 3.8) is 0 Å². The average molecular weight is 635 g/mol. The molecule has 44 heavy (non-hydrogen) atoms.